The zero-order chi connectivity index (χ0) is 13.8. The van der Waals surface area contributed by atoms with E-state index in [1.165, 1.54) is 25.7 Å². The fourth-order valence-corrected chi connectivity index (χ4v) is 3.10. The summed E-state index contributed by atoms with van der Waals surface area (Å²) in [5.41, 5.74) is 8.54. The van der Waals surface area contributed by atoms with Gasteiger partial charge in [-0.25, -0.2) is 0 Å². The lowest BCUT2D eigenvalue weighted by Crippen LogP contribution is -2.16. The molecule has 0 aromatic heterocycles. The minimum absolute atomic E-state index is 0.0713. The van der Waals surface area contributed by atoms with E-state index in [1.807, 2.05) is 6.07 Å². The van der Waals surface area contributed by atoms with E-state index in [9.17, 15) is 10.1 Å². The van der Waals surface area contributed by atoms with Gasteiger partial charge in [-0.15, -0.1) is 0 Å². The molecule has 104 valence electrons. The quantitative estimate of drug-likeness (QED) is 0.649. The molecule has 1 aliphatic carbocycles. The Morgan fingerprint density at radius 1 is 1.42 bits per heavy atom. The molecule has 1 atom stereocenters. The van der Waals surface area contributed by atoms with Gasteiger partial charge in [0.25, 0.3) is 5.69 Å². The Bertz CT molecular complexity index is 453. The summed E-state index contributed by atoms with van der Waals surface area (Å²) in [4.78, 5) is 10.5. The molecule has 0 saturated heterocycles. The molecule has 19 heavy (non-hydrogen) atoms. The Kier molecular flexibility index (Phi) is 4.53. The number of hydrogen-bond acceptors (Lipinski definition) is 3. The van der Waals surface area contributed by atoms with Gasteiger partial charge in [-0.05, 0) is 29.9 Å². The molecule has 2 rings (SSSR count). The van der Waals surface area contributed by atoms with Gasteiger partial charge in [-0.2, -0.15) is 0 Å². The van der Waals surface area contributed by atoms with E-state index in [1.54, 1.807) is 12.1 Å². The summed E-state index contributed by atoms with van der Waals surface area (Å²) in [7, 11) is 0. The van der Waals surface area contributed by atoms with Crippen LogP contribution in [0.3, 0.4) is 0 Å². The first-order valence-corrected chi connectivity index (χ1v) is 7.14. The molecule has 4 nitrogen and oxygen atoms in total. The molecule has 0 spiro atoms. The van der Waals surface area contributed by atoms with E-state index in [2.05, 4.69) is 6.92 Å². The number of rotatable bonds is 5. The number of non-ortho nitro benzene ring substituents is 1. The van der Waals surface area contributed by atoms with E-state index in [4.69, 9.17) is 5.73 Å². The molecule has 1 aromatic carbocycles. The van der Waals surface area contributed by atoms with Crippen LogP contribution < -0.4 is 5.73 Å². The van der Waals surface area contributed by atoms with Gasteiger partial charge in [0.2, 0.25) is 0 Å². The first-order valence-electron chi connectivity index (χ1n) is 7.14. The van der Waals surface area contributed by atoms with Gasteiger partial charge in [0.1, 0.15) is 0 Å². The van der Waals surface area contributed by atoms with Crippen LogP contribution in [-0.2, 0) is 6.42 Å². The predicted octanol–water partition coefficient (Wildman–Crippen LogP) is 3.74. The largest absolute Gasteiger partial charge is 0.324 e. The predicted molar refractivity (Wildman–Crippen MR) is 76.0 cm³/mol. The lowest BCUT2D eigenvalue weighted by molar-refractivity contribution is -0.384. The van der Waals surface area contributed by atoms with E-state index in [-0.39, 0.29) is 16.7 Å². The van der Waals surface area contributed by atoms with Crippen LogP contribution in [0.15, 0.2) is 18.2 Å². The first-order chi connectivity index (χ1) is 9.11. The van der Waals surface area contributed by atoms with Crippen molar-refractivity contribution < 1.29 is 4.92 Å². The molecule has 2 N–H and O–H groups in total. The van der Waals surface area contributed by atoms with Crippen LogP contribution in [0.5, 0.6) is 0 Å². The zero-order valence-electron chi connectivity index (χ0n) is 11.5. The maximum atomic E-state index is 10.9. The highest BCUT2D eigenvalue weighted by atomic mass is 16.6. The van der Waals surface area contributed by atoms with E-state index < -0.39 is 0 Å². The second-order valence-corrected chi connectivity index (χ2v) is 5.49. The highest BCUT2D eigenvalue weighted by Gasteiger charge is 2.21. The third-order valence-electron chi connectivity index (χ3n) is 4.18. The third-order valence-corrected chi connectivity index (χ3v) is 4.18. The van der Waals surface area contributed by atoms with Crippen LogP contribution in [0.25, 0.3) is 0 Å². The summed E-state index contributed by atoms with van der Waals surface area (Å²) in [5, 5.41) is 10.9. The Morgan fingerprint density at radius 2 is 2.11 bits per heavy atom. The summed E-state index contributed by atoms with van der Waals surface area (Å²) in [6.07, 6.45) is 6.92. The van der Waals surface area contributed by atoms with Crippen molar-refractivity contribution in [1.29, 1.82) is 0 Å². The molecule has 1 aromatic rings. The van der Waals surface area contributed by atoms with Crippen LogP contribution >= 0.6 is 0 Å². The van der Waals surface area contributed by atoms with Crippen LogP contribution in [0.2, 0.25) is 0 Å². The van der Waals surface area contributed by atoms with Crippen molar-refractivity contribution in [3.05, 3.63) is 39.4 Å². The Morgan fingerprint density at radius 3 is 2.68 bits per heavy atom. The maximum absolute atomic E-state index is 10.9. The van der Waals surface area contributed by atoms with Crippen molar-refractivity contribution >= 4 is 5.69 Å². The summed E-state index contributed by atoms with van der Waals surface area (Å²) in [5.74, 6) is 0.693. The molecule has 1 aliphatic rings. The van der Waals surface area contributed by atoms with Crippen LogP contribution in [0.4, 0.5) is 5.69 Å². The van der Waals surface area contributed by atoms with Crippen molar-refractivity contribution in [3.63, 3.8) is 0 Å². The first kappa shape index (κ1) is 14.0. The number of nitrogens with zero attached hydrogens (tertiary/aromatic N) is 1. The lowest BCUT2D eigenvalue weighted by atomic mass is 9.90. The number of aryl methyl sites for hydroxylation is 1. The highest BCUT2D eigenvalue weighted by Crippen LogP contribution is 2.34. The molecule has 4 heteroatoms. The second kappa shape index (κ2) is 6.15. The lowest BCUT2D eigenvalue weighted by Gasteiger charge is -2.19. The average Bonchev–Trinajstić information content (AvgIpc) is 2.90. The molecule has 1 fully saturated rings. The maximum Gasteiger partial charge on any atom is 0.269 e. The molecular weight excluding hydrogens is 240 g/mol. The zero-order valence-corrected chi connectivity index (χ0v) is 11.5. The smallest absolute Gasteiger partial charge is 0.269 e. The molecule has 1 saturated carbocycles. The topological polar surface area (TPSA) is 69.2 Å². The summed E-state index contributed by atoms with van der Waals surface area (Å²) in [6.45, 7) is 2.06. The third kappa shape index (κ3) is 3.32. The number of benzene rings is 1. The van der Waals surface area contributed by atoms with Gasteiger partial charge in [0.05, 0.1) is 4.92 Å². The number of nitrogens with two attached hydrogens (primary N) is 1. The van der Waals surface area contributed by atoms with E-state index >= 15 is 0 Å². The highest BCUT2D eigenvalue weighted by molar-refractivity contribution is 5.41. The summed E-state index contributed by atoms with van der Waals surface area (Å²) in [6, 6.07) is 5.02. The van der Waals surface area contributed by atoms with Crippen molar-refractivity contribution in [2.45, 2.75) is 51.5 Å². The van der Waals surface area contributed by atoms with Gasteiger partial charge >= 0.3 is 0 Å². The number of nitro groups is 1. The molecule has 1 unspecified atom stereocenters. The summed E-state index contributed by atoms with van der Waals surface area (Å²) >= 11 is 0. The second-order valence-electron chi connectivity index (χ2n) is 5.49. The Labute approximate surface area is 114 Å². The average molecular weight is 262 g/mol. The van der Waals surface area contributed by atoms with Crippen molar-refractivity contribution in [1.82, 2.24) is 0 Å². The minimum atomic E-state index is -0.342. The minimum Gasteiger partial charge on any atom is -0.324 e. The normalized spacial score (nSPS) is 17.6. The van der Waals surface area contributed by atoms with Crippen molar-refractivity contribution in [2.24, 2.45) is 11.7 Å². The van der Waals surface area contributed by atoms with E-state index in [0.29, 0.717) is 5.92 Å². The number of hydrogen-bond donors (Lipinski definition) is 1. The Balaban J connectivity index is 2.19. The van der Waals surface area contributed by atoms with Crippen LogP contribution in [0, 0.1) is 16.0 Å². The van der Waals surface area contributed by atoms with Gasteiger partial charge < -0.3 is 5.73 Å². The van der Waals surface area contributed by atoms with Crippen LogP contribution in [-0.4, -0.2) is 4.92 Å². The molecular formula is C15H22N2O2. The molecule has 0 bridgehead atoms. The van der Waals surface area contributed by atoms with Crippen LogP contribution in [0.1, 0.15) is 56.2 Å². The van der Waals surface area contributed by atoms with Gasteiger partial charge in [-0.1, -0.05) is 38.7 Å². The van der Waals surface area contributed by atoms with Crippen molar-refractivity contribution in [3.8, 4) is 0 Å². The summed E-state index contributed by atoms with van der Waals surface area (Å²) < 4.78 is 0. The Hall–Kier alpha value is -1.42. The van der Waals surface area contributed by atoms with Gasteiger partial charge in [-0.3, -0.25) is 10.1 Å². The van der Waals surface area contributed by atoms with Gasteiger partial charge in [0, 0.05) is 18.2 Å². The monoisotopic (exact) mass is 262 g/mol. The molecule has 0 radical (unpaired) electrons. The van der Waals surface area contributed by atoms with E-state index in [0.717, 1.165) is 24.0 Å². The molecule has 0 amide bonds. The fraction of sp³-hybridized carbons (Fsp3) is 0.600. The molecule has 0 aliphatic heterocycles. The SMILES string of the molecule is CCc1ccc([N+](=O)[O-])cc1C(N)CC1CCCC1. The fourth-order valence-electron chi connectivity index (χ4n) is 3.10. The van der Waals surface area contributed by atoms with Gasteiger partial charge in [0.15, 0.2) is 0 Å². The standard InChI is InChI=1S/C15H22N2O2/c1-2-12-7-8-13(17(18)19)10-14(12)15(16)9-11-5-3-4-6-11/h7-8,10-11,15H,2-6,9,16H2,1H3. The molecule has 0 heterocycles. The number of nitro benzene ring substituents is 1. The van der Waals surface area contributed by atoms with Crippen molar-refractivity contribution in [2.75, 3.05) is 0 Å².